The fourth-order valence-electron chi connectivity index (χ4n) is 2.96. The lowest BCUT2D eigenvalue weighted by Gasteiger charge is -2.31. The second kappa shape index (κ2) is 6.58. The molecule has 1 aromatic heterocycles. The van der Waals surface area contributed by atoms with Gasteiger partial charge in [0.2, 0.25) is 0 Å². The number of hydrogen-bond acceptors (Lipinski definition) is 4. The van der Waals surface area contributed by atoms with E-state index in [1.165, 1.54) is 11.0 Å². The molecule has 3 rings (SSSR count). The zero-order chi connectivity index (χ0) is 17.2. The van der Waals surface area contributed by atoms with Crippen LogP contribution in [0.2, 0.25) is 0 Å². The van der Waals surface area contributed by atoms with Crippen LogP contribution in [0.25, 0.3) is 5.69 Å². The molecule has 1 fully saturated rings. The van der Waals surface area contributed by atoms with Crippen LogP contribution in [0, 0.1) is 5.92 Å². The molecule has 0 bridgehead atoms. The van der Waals surface area contributed by atoms with Gasteiger partial charge in [0, 0.05) is 11.6 Å². The van der Waals surface area contributed by atoms with E-state index in [4.69, 9.17) is 0 Å². The Kier molecular flexibility index (Phi) is 4.50. The molecule has 1 heterocycles. The van der Waals surface area contributed by atoms with Gasteiger partial charge < -0.3 is 5.32 Å². The van der Waals surface area contributed by atoms with Gasteiger partial charge in [0.25, 0.3) is 5.91 Å². The molecule has 0 saturated heterocycles. The second-order valence-corrected chi connectivity index (χ2v) is 5.88. The molecule has 2 atom stereocenters. The molecule has 9 heteroatoms. The van der Waals surface area contributed by atoms with Gasteiger partial charge in [0.15, 0.2) is 0 Å². The molecular weight excluding hydrogens is 323 g/mol. The third-order valence-electron chi connectivity index (χ3n) is 4.19. The maximum atomic E-state index is 12.9. The average molecular weight is 339 g/mol. The van der Waals surface area contributed by atoms with Crippen LogP contribution >= 0.6 is 0 Å². The Labute approximate surface area is 136 Å². The van der Waals surface area contributed by atoms with E-state index in [1.807, 2.05) is 0 Å². The van der Waals surface area contributed by atoms with E-state index in [0.29, 0.717) is 24.1 Å². The van der Waals surface area contributed by atoms with E-state index in [-0.39, 0.29) is 12.8 Å². The maximum Gasteiger partial charge on any atom is 0.391 e. The standard InChI is InChI=1S/C15H16F3N5O/c16-15(17,18)11-4-2-5-12(8-11)20-14(24)10-3-1-6-13(7-10)23-9-19-21-22-23/h1,3,6-7,9,11-12H,2,4-5,8H2,(H,20,24)/t11-,12+/m1/s1. The van der Waals surface area contributed by atoms with Crippen LogP contribution in [-0.2, 0) is 0 Å². The molecule has 1 amide bonds. The molecule has 1 N–H and O–H groups in total. The molecule has 1 aliphatic carbocycles. The monoisotopic (exact) mass is 339 g/mol. The predicted octanol–water partition coefficient (Wildman–Crippen LogP) is 2.51. The van der Waals surface area contributed by atoms with E-state index in [9.17, 15) is 18.0 Å². The van der Waals surface area contributed by atoms with Crippen molar-refractivity contribution in [1.82, 2.24) is 25.5 Å². The molecule has 2 aromatic rings. The number of benzene rings is 1. The molecule has 1 saturated carbocycles. The maximum absolute atomic E-state index is 12.9. The van der Waals surface area contributed by atoms with Gasteiger partial charge in [0.1, 0.15) is 6.33 Å². The Morgan fingerprint density at radius 3 is 2.83 bits per heavy atom. The third kappa shape index (κ3) is 3.72. The minimum Gasteiger partial charge on any atom is -0.349 e. The largest absolute Gasteiger partial charge is 0.391 e. The van der Waals surface area contributed by atoms with E-state index in [1.54, 1.807) is 24.3 Å². The number of aromatic nitrogens is 4. The first-order valence-corrected chi connectivity index (χ1v) is 7.64. The Morgan fingerprint density at radius 1 is 1.29 bits per heavy atom. The number of carbonyl (C=O) groups is 1. The van der Waals surface area contributed by atoms with Gasteiger partial charge in [-0.1, -0.05) is 12.5 Å². The smallest absolute Gasteiger partial charge is 0.349 e. The second-order valence-electron chi connectivity index (χ2n) is 5.88. The van der Waals surface area contributed by atoms with Crippen LogP contribution in [0.5, 0.6) is 0 Å². The van der Waals surface area contributed by atoms with Crippen LogP contribution in [-0.4, -0.2) is 38.3 Å². The van der Waals surface area contributed by atoms with E-state index in [0.717, 1.165) is 0 Å². The lowest BCUT2D eigenvalue weighted by molar-refractivity contribution is -0.183. The summed E-state index contributed by atoms with van der Waals surface area (Å²) in [6.07, 6.45) is -1.73. The number of carbonyl (C=O) groups excluding carboxylic acids is 1. The van der Waals surface area contributed by atoms with E-state index < -0.39 is 24.0 Å². The molecule has 128 valence electrons. The molecule has 1 aliphatic rings. The Hall–Kier alpha value is -2.45. The van der Waals surface area contributed by atoms with Gasteiger partial charge in [-0.2, -0.15) is 13.2 Å². The third-order valence-corrected chi connectivity index (χ3v) is 4.19. The van der Waals surface area contributed by atoms with Crippen molar-refractivity contribution in [2.24, 2.45) is 5.92 Å². The highest BCUT2D eigenvalue weighted by molar-refractivity contribution is 5.94. The summed E-state index contributed by atoms with van der Waals surface area (Å²) < 4.78 is 40.0. The summed E-state index contributed by atoms with van der Waals surface area (Å²) in [5, 5.41) is 13.5. The summed E-state index contributed by atoms with van der Waals surface area (Å²) in [5.41, 5.74) is 0.960. The summed E-state index contributed by atoms with van der Waals surface area (Å²) in [6.45, 7) is 0. The normalized spacial score (nSPS) is 21.5. The summed E-state index contributed by atoms with van der Waals surface area (Å²) in [4.78, 5) is 12.3. The van der Waals surface area contributed by atoms with Crippen molar-refractivity contribution in [2.45, 2.75) is 37.9 Å². The zero-order valence-corrected chi connectivity index (χ0v) is 12.7. The zero-order valence-electron chi connectivity index (χ0n) is 12.7. The first-order chi connectivity index (χ1) is 11.4. The fraction of sp³-hybridized carbons (Fsp3) is 0.467. The first-order valence-electron chi connectivity index (χ1n) is 7.64. The Bertz CT molecular complexity index is 701. The minimum absolute atomic E-state index is 0.0675. The summed E-state index contributed by atoms with van der Waals surface area (Å²) in [6, 6.07) is 6.14. The SMILES string of the molecule is O=C(N[C@H]1CCC[C@@H](C(F)(F)F)C1)c1cccc(-n2cnnn2)c1. The van der Waals surface area contributed by atoms with Gasteiger partial charge >= 0.3 is 6.18 Å². The number of hydrogen-bond donors (Lipinski definition) is 1. The van der Waals surface area contributed by atoms with Crippen LogP contribution in [0.15, 0.2) is 30.6 Å². The number of nitrogens with zero attached hydrogens (tertiary/aromatic N) is 4. The van der Waals surface area contributed by atoms with Crippen molar-refractivity contribution in [1.29, 1.82) is 0 Å². The van der Waals surface area contributed by atoms with Crippen molar-refractivity contribution in [3.05, 3.63) is 36.2 Å². The number of amides is 1. The number of halogens is 3. The Morgan fingerprint density at radius 2 is 2.12 bits per heavy atom. The van der Waals surface area contributed by atoms with Gasteiger partial charge in [0.05, 0.1) is 11.6 Å². The molecule has 0 unspecified atom stereocenters. The van der Waals surface area contributed by atoms with Crippen LogP contribution < -0.4 is 5.32 Å². The lowest BCUT2D eigenvalue weighted by Crippen LogP contribution is -2.41. The molecule has 1 aromatic carbocycles. The number of alkyl halides is 3. The van der Waals surface area contributed by atoms with Gasteiger partial charge in [-0.3, -0.25) is 4.79 Å². The topological polar surface area (TPSA) is 72.7 Å². The highest BCUT2D eigenvalue weighted by Crippen LogP contribution is 2.37. The van der Waals surface area contributed by atoms with Crippen molar-refractivity contribution >= 4 is 5.91 Å². The summed E-state index contributed by atoms with van der Waals surface area (Å²) >= 11 is 0. The van der Waals surface area contributed by atoms with Crippen LogP contribution in [0.4, 0.5) is 13.2 Å². The molecule has 0 aliphatic heterocycles. The summed E-state index contributed by atoms with van der Waals surface area (Å²) in [7, 11) is 0. The quantitative estimate of drug-likeness (QED) is 0.933. The summed E-state index contributed by atoms with van der Waals surface area (Å²) in [5.74, 6) is -1.73. The Balaban J connectivity index is 1.68. The predicted molar refractivity (Wildman–Crippen MR) is 78.4 cm³/mol. The molecule has 24 heavy (non-hydrogen) atoms. The van der Waals surface area contributed by atoms with Crippen molar-refractivity contribution in [2.75, 3.05) is 0 Å². The van der Waals surface area contributed by atoms with E-state index >= 15 is 0 Å². The first kappa shape index (κ1) is 16.4. The fourth-order valence-corrected chi connectivity index (χ4v) is 2.96. The number of rotatable bonds is 3. The molecular formula is C15H16F3N5O. The lowest BCUT2D eigenvalue weighted by atomic mass is 9.85. The molecule has 6 nitrogen and oxygen atoms in total. The minimum atomic E-state index is -4.20. The van der Waals surface area contributed by atoms with Crippen molar-refractivity contribution in [3.63, 3.8) is 0 Å². The van der Waals surface area contributed by atoms with E-state index in [2.05, 4.69) is 20.8 Å². The highest BCUT2D eigenvalue weighted by atomic mass is 19.4. The average Bonchev–Trinajstić information content (AvgIpc) is 3.09. The molecule has 0 spiro atoms. The van der Waals surface area contributed by atoms with Crippen molar-refractivity contribution in [3.8, 4) is 5.69 Å². The number of nitrogens with one attached hydrogen (secondary N) is 1. The van der Waals surface area contributed by atoms with Crippen molar-refractivity contribution < 1.29 is 18.0 Å². The molecule has 0 radical (unpaired) electrons. The number of tetrazole rings is 1. The van der Waals surface area contributed by atoms with Crippen LogP contribution in [0.3, 0.4) is 0 Å². The van der Waals surface area contributed by atoms with Crippen LogP contribution in [0.1, 0.15) is 36.0 Å². The highest BCUT2D eigenvalue weighted by Gasteiger charge is 2.42. The van der Waals surface area contributed by atoms with Gasteiger partial charge in [-0.05, 0) is 47.9 Å². The van der Waals surface area contributed by atoms with Gasteiger partial charge in [-0.15, -0.1) is 5.10 Å². The van der Waals surface area contributed by atoms with Gasteiger partial charge in [-0.25, -0.2) is 4.68 Å².